The van der Waals surface area contributed by atoms with Gasteiger partial charge in [-0.25, -0.2) is 0 Å². The molecule has 0 bridgehead atoms. The second kappa shape index (κ2) is 6.59. The van der Waals surface area contributed by atoms with Crippen molar-refractivity contribution in [3.8, 4) is 0 Å². The monoisotopic (exact) mass is 358 g/mol. The average molecular weight is 360 g/mol. The molecule has 0 spiro atoms. The van der Waals surface area contributed by atoms with E-state index in [0.29, 0.717) is 23.7 Å². The molecule has 2 rings (SSSR count). The molecule has 1 N–H and O–H groups in total. The van der Waals surface area contributed by atoms with Crippen molar-refractivity contribution >= 4 is 39.3 Å². The highest BCUT2D eigenvalue weighted by molar-refractivity contribution is 9.10. The molecule has 1 aliphatic heterocycles. The number of halogens is 2. The number of hydrogen-bond donors (Lipinski definition) is 1. The summed E-state index contributed by atoms with van der Waals surface area (Å²) in [6.07, 6.45) is 1.79. The van der Waals surface area contributed by atoms with Crippen LogP contribution in [0.3, 0.4) is 0 Å². The summed E-state index contributed by atoms with van der Waals surface area (Å²) in [7, 11) is 0. The maximum absolute atomic E-state index is 12.5. The van der Waals surface area contributed by atoms with Gasteiger partial charge < -0.3 is 10.2 Å². The number of benzene rings is 1. The molecule has 108 valence electrons. The highest BCUT2D eigenvalue weighted by Gasteiger charge is 2.26. The number of nitrogens with zero attached hydrogens (tertiary/aromatic N) is 1. The summed E-state index contributed by atoms with van der Waals surface area (Å²) in [6.45, 7) is 2.74. The maximum Gasteiger partial charge on any atom is 0.255 e. The first-order valence-corrected chi connectivity index (χ1v) is 7.66. The van der Waals surface area contributed by atoms with Crippen LogP contribution in [0.4, 0.5) is 0 Å². The molecule has 1 saturated heterocycles. The van der Waals surface area contributed by atoms with E-state index in [9.17, 15) is 9.59 Å². The Morgan fingerprint density at radius 1 is 1.45 bits per heavy atom. The van der Waals surface area contributed by atoms with Crippen molar-refractivity contribution in [2.75, 3.05) is 13.1 Å². The molecular formula is C14H16BrClN2O2. The van der Waals surface area contributed by atoms with Gasteiger partial charge in [0.15, 0.2) is 0 Å². The van der Waals surface area contributed by atoms with E-state index in [0.717, 1.165) is 17.3 Å². The fourth-order valence-electron chi connectivity index (χ4n) is 2.40. The van der Waals surface area contributed by atoms with E-state index in [1.165, 1.54) is 6.92 Å². The summed E-state index contributed by atoms with van der Waals surface area (Å²) in [5.41, 5.74) is 0.556. The molecule has 1 heterocycles. The molecule has 0 radical (unpaired) electrons. The van der Waals surface area contributed by atoms with Gasteiger partial charge in [-0.05, 0) is 47.0 Å². The molecule has 0 saturated carbocycles. The van der Waals surface area contributed by atoms with E-state index in [1.54, 1.807) is 23.1 Å². The molecule has 1 atom stereocenters. The SMILES string of the molecule is CC(=O)NC1CCCN(C(=O)c2cc(Cl)ccc2Br)C1. The summed E-state index contributed by atoms with van der Waals surface area (Å²) in [4.78, 5) is 25.4. The molecule has 1 aromatic rings. The Hall–Kier alpha value is -1.07. The maximum atomic E-state index is 12.5. The number of rotatable bonds is 2. The van der Waals surface area contributed by atoms with Gasteiger partial charge in [0.05, 0.1) is 5.56 Å². The molecule has 1 aromatic carbocycles. The fraction of sp³-hybridized carbons (Fsp3) is 0.429. The quantitative estimate of drug-likeness (QED) is 0.883. The van der Waals surface area contributed by atoms with Crippen LogP contribution in [-0.2, 0) is 4.79 Å². The topological polar surface area (TPSA) is 49.4 Å². The van der Waals surface area contributed by atoms with E-state index in [-0.39, 0.29) is 17.9 Å². The van der Waals surface area contributed by atoms with Crippen molar-refractivity contribution in [3.63, 3.8) is 0 Å². The van der Waals surface area contributed by atoms with Crippen LogP contribution in [0.5, 0.6) is 0 Å². The molecule has 6 heteroatoms. The van der Waals surface area contributed by atoms with Gasteiger partial charge in [-0.2, -0.15) is 0 Å². The predicted molar refractivity (Wildman–Crippen MR) is 81.9 cm³/mol. The first-order chi connectivity index (χ1) is 9.47. The molecule has 1 unspecified atom stereocenters. The molecule has 4 nitrogen and oxygen atoms in total. The molecule has 20 heavy (non-hydrogen) atoms. The van der Waals surface area contributed by atoms with E-state index >= 15 is 0 Å². The third-order valence-corrected chi connectivity index (χ3v) is 4.20. The van der Waals surface area contributed by atoms with Gasteiger partial charge in [-0.15, -0.1) is 0 Å². The van der Waals surface area contributed by atoms with Crippen LogP contribution >= 0.6 is 27.5 Å². The normalized spacial score (nSPS) is 18.8. The van der Waals surface area contributed by atoms with Crippen LogP contribution in [-0.4, -0.2) is 35.8 Å². The number of hydrogen-bond acceptors (Lipinski definition) is 2. The number of likely N-dealkylation sites (tertiary alicyclic amines) is 1. The number of nitrogens with one attached hydrogen (secondary N) is 1. The Labute approximate surface area is 131 Å². The third kappa shape index (κ3) is 3.73. The summed E-state index contributed by atoms with van der Waals surface area (Å²) in [5.74, 6) is -0.123. The lowest BCUT2D eigenvalue weighted by molar-refractivity contribution is -0.120. The number of amides is 2. The van der Waals surface area contributed by atoms with Gasteiger partial charge in [-0.1, -0.05) is 11.6 Å². The molecule has 0 aromatic heterocycles. The zero-order valence-electron chi connectivity index (χ0n) is 11.2. The van der Waals surface area contributed by atoms with E-state index < -0.39 is 0 Å². The highest BCUT2D eigenvalue weighted by Crippen LogP contribution is 2.24. The zero-order valence-corrected chi connectivity index (χ0v) is 13.5. The van der Waals surface area contributed by atoms with Crippen molar-refractivity contribution in [2.24, 2.45) is 0 Å². The van der Waals surface area contributed by atoms with Crippen LogP contribution in [0.15, 0.2) is 22.7 Å². The first kappa shape index (κ1) is 15.3. The summed E-state index contributed by atoms with van der Waals surface area (Å²) in [6, 6.07) is 5.20. The van der Waals surface area contributed by atoms with E-state index in [1.807, 2.05) is 0 Å². The first-order valence-electron chi connectivity index (χ1n) is 6.49. The predicted octanol–water partition coefficient (Wildman–Crippen LogP) is 2.84. The molecule has 0 aliphatic carbocycles. The minimum Gasteiger partial charge on any atom is -0.352 e. The smallest absolute Gasteiger partial charge is 0.255 e. The lowest BCUT2D eigenvalue weighted by Gasteiger charge is -2.33. The van der Waals surface area contributed by atoms with Gasteiger partial charge in [0, 0.05) is 35.6 Å². The van der Waals surface area contributed by atoms with Crippen LogP contribution in [0, 0.1) is 0 Å². The van der Waals surface area contributed by atoms with Gasteiger partial charge in [-0.3, -0.25) is 9.59 Å². The van der Waals surface area contributed by atoms with Crippen LogP contribution in [0.1, 0.15) is 30.1 Å². The largest absolute Gasteiger partial charge is 0.352 e. The Kier molecular flexibility index (Phi) is 5.05. The van der Waals surface area contributed by atoms with Crippen molar-refractivity contribution in [2.45, 2.75) is 25.8 Å². The van der Waals surface area contributed by atoms with Crippen molar-refractivity contribution < 1.29 is 9.59 Å². The van der Waals surface area contributed by atoms with Crippen molar-refractivity contribution in [1.29, 1.82) is 0 Å². The number of carbonyl (C=O) groups is 2. The lowest BCUT2D eigenvalue weighted by Crippen LogP contribution is -2.49. The molecule has 2 amide bonds. The summed E-state index contributed by atoms with van der Waals surface area (Å²) < 4.78 is 0.730. The van der Waals surface area contributed by atoms with Crippen LogP contribution in [0.2, 0.25) is 5.02 Å². The summed E-state index contributed by atoms with van der Waals surface area (Å²) in [5, 5.41) is 3.41. The lowest BCUT2D eigenvalue weighted by atomic mass is 10.0. The number of piperidine rings is 1. The Balaban J connectivity index is 2.12. The van der Waals surface area contributed by atoms with Gasteiger partial charge in [0.2, 0.25) is 5.91 Å². The zero-order chi connectivity index (χ0) is 14.7. The van der Waals surface area contributed by atoms with E-state index in [4.69, 9.17) is 11.6 Å². The van der Waals surface area contributed by atoms with E-state index in [2.05, 4.69) is 21.2 Å². The Morgan fingerprint density at radius 2 is 2.20 bits per heavy atom. The number of carbonyl (C=O) groups excluding carboxylic acids is 2. The van der Waals surface area contributed by atoms with Crippen molar-refractivity contribution in [3.05, 3.63) is 33.3 Å². The molecular weight excluding hydrogens is 344 g/mol. The Bertz CT molecular complexity index is 536. The highest BCUT2D eigenvalue weighted by atomic mass is 79.9. The van der Waals surface area contributed by atoms with Crippen LogP contribution in [0.25, 0.3) is 0 Å². The van der Waals surface area contributed by atoms with Gasteiger partial charge >= 0.3 is 0 Å². The minimum absolute atomic E-state index is 0.0307. The molecule has 1 fully saturated rings. The standard InChI is InChI=1S/C14H16BrClN2O2/c1-9(19)17-11-3-2-6-18(8-11)14(20)12-7-10(16)4-5-13(12)15/h4-5,7,11H,2-3,6,8H2,1H3,(H,17,19). The second-order valence-electron chi connectivity index (χ2n) is 4.92. The summed E-state index contributed by atoms with van der Waals surface area (Å²) >= 11 is 9.33. The molecule has 1 aliphatic rings. The van der Waals surface area contributed by atoms with Gasteiger partial charge in [0.25, 0.3) is 5.91 Å². The second-order valence-corrected chi connectivity index (χ2v) is 6.21. The van der Waals surface area contributed by atoms with Crippen molar-refractivity contribution in [1.82, 2.24) is 10.2 Å². The minimum atomic E-state index is -0.0618. The average Bonchev–Trinajstić information content (AvgIpc) is 2.40. The third-order valence-electron chi connectivity index (χ3n) is 3.27. The Morgan fingerprint density at radius 3 is 2.90 bits per heavy atom. The van der Waals surface area contributed by atoms with Gasteiger partial charge in [0.1, 0.15) is 0 Å². The van der Waals surface area contributed by atoms with Crippen LogP contribution < -0.4 is 5.32 Å². The fourth-order valence-corrected chi connectivity index (χ4v) is 2.99.